The standard InChI is InChI=1S/C16H12ClF3N2O/c17-11-3-1-10(2-4-11)15-22-13-9-12(5-6-14(13)23-15)21-8-7-16(18,19)20/h1-6,9,21H,7-8H2. The number of hydrogen-bond donors (Lipinski definition) is 1. The Bertz CT molecular complexity index is 812. The number of fused-ring (bicyclic) bond motifs is 1. The minimum atomic E-state index is -4.17. The highest BCUT2D eigenvalue weighted by Crippen LogP contribution is 2.27. The molecule has 0 aliphatic carbocycles. The van der Waals surface area contributed by atoms with E-state index in [1.807, 2.05) is 0 Å². The predicted molar refractivity (Wildman–Crippen MR) is 83.6 cm³/mol. The molecule has 0 saturated carbocycles. The van der Waals surface area contributed by atoms with Crippen molar-refractivity contribution >= 4 is 28.4 Å². The summed E-state index contributed by atoms with van der Waals surface area (Å²) in [4.78, 5) is 4.36. The van der Waals surface area contributed by atoms with Gasteiger partial charge in [0.25, 0.3) is 0 Å². The van der Waals surface area contributed by atoms with E-state index >= 15 is 0 Å². The number of oxazole rings is 1. The van der Waals surface area contributed by atoms with E-state index in [2.05, 4.69) is 10.3 Å². The molecule has 3 nitrogen and oxygen atoms in total. The van der Waals surface area contributed by atoms with Crippen molar-refractivity contribution in [2.45, 2.75) is 12.6 Å². The molecule has 1 N–H and O–H groups in total. The zero-order valence-electron chi connectivity index (χ0n) is 11.8. The Morgan fingerprint density at radius 3 is 2.52 bits per heavy atom. The summed E-state index contributed by atoms with van der Waals surface area (Å²) < 4.78 is 42.1. The predicted octanol–water partition coefficient (Wildman–Crippen LogP) is 5.51. The van der Waals surface area contributed by atoms with Crippen molar-refractivity contribution in [3.8, 4) is 11.5 Å². The van der Waals surface area contributed by atoms with Gasteiger partial charge in [0.2, 0.25) is 5.89 Å². The molecule has 23 heavy (non-hydrogen) atoms. The van der Waals surface area contributed by atoms with Crippen molar-refractivity contribution in [2.75, 3.05) is 11.9 Å². The van der Waals surface area contributed by atoms with Gasteiger partial charge in [-0.05, 0) is 42.5 Å². The van der Waals surface area contributed by atoms with Crippen molar-refractivity contribution in [3.05, 3.63) is 47.5 Å². The minimum absolute atomic E-state index is 0.184. The van der Waals surface area contributed by atoms with Gasteiger partial charge in [-0.3, -0.25) is 0 Å². The fourth-order valence-corrected chi connectivity index (χ4v) is 2.23. The van der Waals surface area contributed by atoms with Crippen LogP contribution in [0.5, 0.6) is 0 Å². The molecule has 0 aliphatic rings. The Kier molecular flexibility index (Phi) is 4.17. The lowest BCUT2D eigenvalue weighted by molar-refractivity contribution is -0.131. The zero-order valence-corrected chi connectivity index (χ0v) is 12.6. The maximum atomic E-state index is 12.2. The molecule has 3 aromatic rings. The number of nitrogens with one attached hydrogen (secondary N) is 1. The molecule has 3 rings (SSSR count). The van der Waals surface area contributed by atoms with Crippen LogP contribution in [0, 0.1) is 0 Å². The summed E-state index contributed by atoms with van der Waals surface area (Å²) in [6.07, 6.45) is -5.06. The van der Waals surface area contributed by atoms with Crippen LogP contribution in [0.3, 0.4) is 0 Å². The number of halogens is 4. The second kappa shape index (κ2) is 6.12. The molecule has 0 radical (unpaired) electrons. The molecule has 1 heterocycles. The van der Waals surface area contributed by atoms with Gasteiger partial charge in [0.05, 0.1) is 6.42 Å². The maximum Gasteiger partial charge on any atom is 0.390 e. The summed E-state index contributed by atoms with van der Waals surface area (Å²) in [5.41, 5.74) is 2.48. The highest BCUT2D eigenvalue weighted by atomic mass is 35.5. The van der Waals surface area contributed by atoms with Gasteiger partial charge >= 0.3 is 6.18 Å². The van der Waals surface area contributed by atoms with Crippen molar-refractivity contribution in [1.29, 1.82) is 0 Å². The molecule has 7 heteroatoms. The van der Waals surface area contributed by atoms with Crippen LogP contribution in [0.15, 0.2) is 46.9 Å². The van der Waals surface area contributed by atoms with Gasteiger partial charge in [-0.1, -0.05) is 11.6 Å². The first-order chi connectivity index (χ1) is 10.9. The van der Waals surface area contributed by atoms with Crippen LogP contribution in [0.1, 0.15) is 6.42 Å². The van der Waals surface area contributed by atoms with E-state index in [0.29, 0.717) is 27.7 Å². The largest absolute Gasteiger partial charge is 0.436 e. The summed E-state index contributed by atoms with van der Waals surface area (Å²) >= 11 is 5.84. The van der Waals surface area contributed by atoms with Gasteiger partial charge in [-0.15, -0.1) is 0 Å². The van der Waals surface area contributed by atoms with E-state index in [4.69, 9.17) is 16.0 Å². The summed E-state index contributed by atoms with van der Waals surface area (Å²) in [7, 11) is 0. The molecule has 0 aliphatic heterocycles. The fourth-order valence-electron chi connectivity index (χ4n) is 2.10. The number of rotatable bonds is 4. The van der Waals surface area contributed by atoms with Gasteiger partial charge in [0.1, 0.15) is 5.52 Å². The number of nitrogens with zero attached hydrogens (tertiary/aromatic N) is 1. The van der Waals surface area contributed by atoms with Crippen LogP contribution >= 0.6 is 11.6 Å². The van der Waals surface area contributed by atoms with Crippen LogP contribution in [-0.4, -0.2) is 17.7 Å². The first-order valence-corrected chi connectivity index (χ1v) is 7.26. The minimum Gasteiger partial charge on any atom is -0.436 e. The van der Waals surface area contributed by atoms with E-state index < -0.39 is 12.6 Å². The number of alkyl halides is 3. The molecule has 0 fully saturated rings. The molecule has 0 atom stereocenters. The second-order valence-electron chi connectivity index (χ2n) is 5.00. The van der Waals surface area contributed by atoms with Crippen LogP contribution in [0.2, 0.25) is 5.02 Å². The van der Waals surface area contributed by atoms with Crippen LogP contribution in [-0.2, 0) is 0 Å². The molecule has 0 saturated heterocycles. The Morgan fingerprint density at radius 1 is 1.09 bits per heavy atom. The molecule has 120 valence electrons. The van der Waals surface area contributed by atoms with Crippen molar-refractivity contribution < 1.29 is 17.6 Å². The topological polar surface area (TPSA) is 38.1 Å². The third kappa shape index (κ3) is 3.96. The van der Waals surface area contributed by atoms with Crippen molar-refractivity contribution in [3.63, 3.8) is 0 Å². The smallest absolute Gasteiger partial charge is 0.390 e. The zero-order chi connectivity index (χ0) is 16.4. The Balaban J connectivity index is 1.79. The highest BCUT2D eigenvalue weighted by molar-refractivity contribution is 6.30. The number of benzene rings is 2. The monoisotopic (exact) mass is 340 g/mol. The molecule has 2 aromatic carbocycles. The van der Waals surface area contributed by atoms with Crippen molar-refractivity contribution in [2.24, 2.45) is 0 Å². The lowest BCUT2D eigenvalue weighted by Gasteiger charge is -2.08. The lowest BCUT2D eigenvalue weighted by atomic mass is 10.2. The van der Waals surface area contributed by atoms with Crippen LogP contribution < -0.4 is 5.32 Å². The summed E-state index contributed by atoms with van der Waals surface area (Å²) in [5, 5.41) is 3.34. The van der Waals surface area contributed by atoms with E-state index in [0.717, 1.165) is 5.56 Å². The van der Waals surface area contributed by atoms with E-state index in [-0.39, 0.29) is 6.54 Å². The molecule has 0 bridgehead atoms. The fraction of sp³-hybridized carbons (Fsp3) is 0.188. The molecule has 0 spiro atoms. The van der Waals surface area contributed by atoms with Gasteiger partial charge in [0.15, 0.2) is 5.58 Å². The van der Waals surface area contributed by atoms with Gasteiger partial charge < -0.3 is 9.73 Å². The first kappa shape index (κ1) is 15.7. The third-order valence-corrected chi connectivity index (χ3v) is 3.47. The molecule has 0 unspecified atom stereocenters. The second-order valence-corrected chi connectivity index (χ2v) is 5.44. The maximum absolute atomic E-state index is 12.2. The third-order valence-electron chi connectivity index (χ3n) is 3.22. The van der Waals surface area contributed by atoms with Crippen molar-refractivity contribution in [1.82, 2.24) is 4.98 Å². The molecule has 0 amide bonds. The lowest BCUT2D eigenvalue weighted by Crippen LogP contribution is -2.14. The number of anilines is 1. The highest BCUT2D eigenvalue weighted by Gasteiger charge is 2.26. The Hall–Kier alpha value is -2.21. The number of hydrogen-bond acceptors (Lipinski definition) is 3. The summed E-state index contributed by atoms with van der Waals surface area (Å²) in [6.45, 7) is -0.184. The molecule has 1 aromatic heterocycles. The quantitative estimate of drug-likeness (QED) is 0.680. The van der Waals surface area contributed by atoms with Gasteiger partial charge in [-0.25, -0.2) is 4.98 Å². The normalized spacial score (nSPS) is 11.8. The summed E-state index contributed by atoms with van der Waals surface area (Å²) in [5.74, 6) is 0.434. The van der Waals surface area contributed by atoms with E-state index in [9.17, 15) is 13.2 Å². The average molecular weight is 341 g/mol. The first-order valence-electron chi connectivity index (χ1n) is 6.88. The summed E-state index contributed by atoms with van der Waals surface area (Å²) in [6, 6.07) is 12.0. The SMILES string of the molecule is FC(F)(F)CCNc1ccc2oc(-c3ccc(Cl)cc3)nc2c1. The Labute approximate surface area is 135 Å². The molecular formula is C16H12ClF3N2O. The molecular weight excluding hydrogens is 329 g/mol. The van der Waals surface area contributed by atoms with E-state index in [1.165, 1.54) is 0 Å². The number of aromatic nitrogens is 1. The van der Waals surface area contributed by atoms with Gasteiger partial charge in [-0.2, -0.15) is 13.2 Å². The van der Waals surface area contributed by atoms with Crippen LogP contribution in [0.4, 0.5) is 18.9 Å². The van der Waals surface area contributed by atoms with Gasteiger partial charge in [0, 0.05) is 22.8 Å². The van der Waals surface area contributed by atoms with E-state index in [1.54, 1.807) is 42.5 Å². The average Bonchev–Trinajstić information content (AvgIpc) is 2.90. The van der Waals surface area contributed by atoms with Crippen LogP contribution in [0.25, 0.3) is 22.6 Å². The Morgan fingerprint density at radius 2 is 1.83 bits per heavy atom.